The van der Waals surface area contributed by atoms with E-state index in [2.05, 4.69) is 9.97 Å². The van der Waals surface area contributed by atoms with Crippen LogP contribution in [-0.2, 0) is 11.0 Å². The Kier molecular flexibility index (Phi) is 7.19. The summed E-state index contributed by atoms with van der Waals surface area (Å²) < 4.78 is 68.9. The molecule has 1 atom stereocenters. The molecule has 2 aromatic heterocycles. The third kappa shape index (κ3) is 5.10. The molecule has 0 bridgehead atoms. The molecule has 0 aliphatic carbocycles. The number of pyridine rings is 2. The van der Waals surface area contributed by atoms with Crippen molar-refractivity contribution in [3.63, 3.8) is 0 Å². The summed E-state index contributed by atoms with van der Waals surface area (Å²) in [5, 5.41) is 11.6. The number of methoxy groups -OCH3 is 1. The average molecular weight is 589 g/mol. The first-order valence-corrected chi connectivity index (χ1v) is 13.0. The molecule has 5 rings (SSSR count). The Labute approximate surface area is 237 Å². The van der Waals surface area contributed by atoms with Crippen LogP contribution in [0.5, 0.6) is 11.5 Å². The van der Waals surface area contributed by atoms with Gasteiger partial charge in [0.05, 0.1) is 24.4 Å². The Balaban J connectivity index is 1.57. The largest absolute Gasteiger partial charge is 0.494 e. The van der Waals surface area contributed by atoms with Gasteiger partial charge in [0.2, 0.25) is 5.60 Å². The van der Waals surface area contributed by atoms with Crippen LogP contribution in [0.15, 0.2) is 54.7 Å². The predicted octanol–water partition coefficient (Wildman–Crippen LogP) is 7.18. The van der Waals surface area contributed by atoms with Crippen LogP contribution in [0.25, 0.3) is 22.2 Å². The van der Waals surface area contributed by atoms with Gasteiger partial charge in [-0.1, -0.05) is 31.5 Å². The number of aromatic nitrogens is 2. The molecule has 214 valence electrons. The second-order valence-electron chi connectivity index (χ2n) is 10.6. The topological polar surface area (TPSA) is 81.5 Å². The number of aliphatic hydroxyl groups is 1. The Hall–Kier alpha value is -3.76. The fourth-order valence-electron chi connectivity index (χ4n) is 4.89. The van der Waals surface area contributed by atoms with E-state index in [9.17, 15) is 27.5 Å². The molecule has 1 unspecified atom stereocenters. The van der Waals surface area contributed by atoms with E-state index < -0.39 is 47.3 Å². The second kappa shape index (κ2) is 10.3. The highest BCUT2D eigenvalue weighted by Gasteiger charge is 2.56. The molecule has 0 saturated carbocycles. The molecule has 4 aromatic rings. The van der Waals surface area contributed by atoms with Crippen LogP contribution in [0.4, 0.5) is 17.6 Å². The van der Waals surface area contributed by atoms with Gasteiger partial charge in [-0.05, 0) is 48.9 Å². The molecule has 0 amide bonds. The van der Waals surface area contributed by atoms with Crippen molar-refractivity contribution in [2.75, 3.05) is 13.7 Å². The molecule has 0 saturated heterocycles. The van der Waals surface area contributed by atoms with E-state index in [1.54, 1.807) is 32.2 Å². The van der Waals surface area contributed by atoms with Gasteiger partial charge in [0.15, 0.2) is 5.78 Å². The minimum atomic E-state index is -5.19. The molecule has 6 nitrogen and oxygen atoms in total. The highest BCUT2D eigenvalue weighted by molar-refractivity contribution is 6.31. The van der Waals surface area contributed by atoms with Crippen LogP contribution in [0.2, 0.25) is 5.02 Å². The Morgan fingerprint density at radius 3 is 2.61 bits per heavy atom. The van der Waals surface area contributed by atoms with Crippen molar-refractivity contribution in [3.8, 4) is 22.8 Å². The summed E-state index contributed by atoms with van der Waals surface area (Å²) in [6.07, 6.45) is -5.29. The van der Waals surface area contributed by atoms with Crippen LogP contribution in [-0.4, -0.2) is 40.8 Å². The summed E-state index contributed by atoms with van der Waals surface area (Å²) >= 11 is 5.95. The lowest BCUT2D eigenvalue weighted by Crippen LogP contribution is -2.43. The maximum atomic E-state index is 14.6. The van der Waals surface area contributed by atoms with Crippen LogP contribution < -0.4 is 9.47 Å². The van der Waals surface area contributed by atoms with Gasteiger partial charge in [0.25, 0.3) is 0 Å². The molecule has 1 N–H and O–H groups in total. The third-order valence-corrected chi connectivity index (χ3v) is 7.58. The van der Waals surface area contributed by atoms with Crippen molar-refractivity contribution in [2.24, 2.45) is 0 Å². The SMILES string of the molecule is COc1cc(C(=O)CCC(O)(c2cc3c(c(-c4ccc(F)c(Cl)c4)n2)OCC3(C)C)C(F)(F)F)cc2cccnc12. The first-order valence-electron chi connectivity index (χ1n) is 12.6. The number of fused-ring (bicyclic) bond motifs is 2. The molecule has 3 heterocycles. The van der Waals surface area contributed by atoms with Gasteiger partial charge in [-0.25, -0.2) is 9.37 Å². The number of hydrogen-bond acceptors (Lipinski definition) is 6. The van der Waals surface area contributed by atoms with Crippen LogP contribution >= 0.6 is 11.6 Å². The summed E-state index contributed by atoms with van der Waals surface area (Å²) in [5.74, 6) is -0.829. The van der Waals surface area contributed by atoms with Crippen molar-refractivity contribution in [2.45, 2.75) is 43.9 Å². The van der Waals surface area contributed by atoms with E-state index in [0.717, 1.165) is 6.07 Å². The number of carbonyl (C=O) groups excluding carboxylic acids is 1. The van der Waals surface area contributed by atoms with E-state index in [1.165, 1.54) is 37.4 Å². The van der Waals surface area contributed by atoms with Crippen LogP contribution in [0, 0.1) is 5.82 Å². The zero-order valence-electron chi connectivity index (χ0n) is 22.3. The number of carbonyl (C=O) groups is 1. The molecule has 11 heteroatoms. The molecular formula is C30H25ClF4N2O4. The van der Waals surface area contributed by atoms with Crippen molar-refractivity contribution >= 4 is 28.3 Å². The number of nitrogens with zero attached hydrogens (tertiary/aromatic N) is 2. The molecule has 1 aliphatic heterocycles. The van der Waals surface area contributed by atoms with E-state index in [0.29, 0.717) is 22.2 Å². The van der Waals surface area contributed by atoms with Crippen LogP contribution in [0.3, 0.4) is 0 Å². The van der Waals surface area contributed by atoms with Crippen LogP contribution in [0.1, 0.15) is 48.3 Å². The van der Waals surface area contributed by atoms with Crippen molar-refractivity contribution in [3.05, 3.63) is 82.4 Å². The lowest BCUT2D eigenvalue weighted by Gasteiger charge is -2.31. The van der Waals surface area contributed by atoms with Crippen molar-refractivity contribution in [1.82, 2.24) is 9.97 Å². The lowest BCUT2D eigenvalue weighted by atomic mass is 9.83. The number of halogens is 5. The van der Waals surface area contributed by atoms with Gasteiger partial charge in [-0.15, -0.1) is 0 Å². The average Bonchev–Trinajstić information content (AvgIpc) is 3.25. The van der Waals surface area contributed by atoms with Gasteiger partial charge < -0.3 is 14.6 Å². The fraction of sp³-hybridized carbons (Fsp3) is 0.300. The first kappa shape index (κ1) is 28.8. The number of hydrogen-bond donors (Lipinski definition) is 1. The molecule has 2 aromatic carbocycles. The summed E-state index contributed by atoms with van der Waals surface area (Å²) in [4.78, 5) is 21.6. The van der Waals surface area contributed by atoms with Gasteiger partial charge in [-0.2, -0.15) is 13.2 Å². The molecule has 41 heavy (non-hydrogen) atoms. The van der Waals surface area contributed by atoms with E-state index in [-0.39, 0.29) is 34.2 Å². The number of benzene rings is 2. The van der Waals surface area contributed by atoms with E-state index in [4.69, 9.17) is 21.1 Å². The Morgan fingerprint density at radius 1 is 1.17 bits per heavy atom. The Morgan fingerprint density at radius 2 is 1.93 bits per heavy atom. The maximum absolute atomic E-state index is 14.6. The smallest absolute Gasteiger partial charge is 0.422 e. The standard InChI is InChI=1S/C30H25ClF4N2O4/c1-28(2)15-41-27-19(28)14-24(37-26(27)17-6-7-21(32)20(31)12-17)29(39,30(33,34)35)9-8-22(38)18-11-16-5-4-10-36-25(16)23(13-18)40-3/h4-7,10-14,39H,8-9,15H2,1-3H3. The number of ketones is 1. The molecule has 1 aliphatic rings. The molecular weight excluding hydrogens is 564 g/mol. The number of Topliss-reactive ketones (excluding diaryl/α,β-unsaturated/α-hetero) is 1. The summed E-state index contributed by atoms with van der Waals surface area (Å²) in [5.41, 5.74) is -3.72. The van der Waals surface area contributed by atoms with E-state index in [1.807, 2.05) is 0 Å². The Bertz CT molecular complexity index is 1670. The van der Waals surface area contributed by atoms with Gasteiger partial charge in [0, 0.05) is 40.1 Å². The summed E-state index contributed by atoms with van der Waals surface area (Å²) in [6, 6.07) is 11.1. The third-order valence-electron chi connectivity index (χ3n) is 7.29. The van der Waals surface area contributed by atoms with Gasteiger partial charge in [0.1, 0.15) is 28.5 Å². The summed E-state index contributed by atoms with van der Waals surface area (Å²) in [7, 11) is 1.40. The zero-order chi connectivity index (χ0) is 29.7. The minimum absolute atomic E-state index is 0.0225. The molecule has 0 spiro atoms. The quantitative estimate of drug-likeness (QED) is 0.182. The minimum Gasteiger partial charge on any atom is -0.494 e. The monoisotopic (exact) mass is 588 g/mol. The zero-order valence-corrected chi connectivity index (χ0v) is 23.0. The summed E-state index contributed by atoms with van der Waals surface area (Å²) in [6.45, 7) is 3.71. The van der Waals surface area contributed by atoms with Gasteiger partial charge in [-0.3, -0.25) is 9.78 Å². The normalized spacial score (nSPS) is 15.7. The first-order chi connectivity index (χ1) is 19.2. The van der Waals surface area contributed by atoms with Crippen molar-refractivity contribution in [1.29, 1.82) is 0 Å². The number of ether oxygens (including phenoxy) is 2. The highest BCUT2D eigenvalue weighted by Crippen LogP contribution is 2.49. The second-order valence-corrected chi connectivity index (χ2v) is 11.0. The van der Waals surface area contributed by atoms with Gasteiger partial charge >= 0.3 is 6.18 Å². The van der Waals surface area contributed by atoms with E-state index >= 15 is 0 Å². The number of rotatable bonds is 7. The molecule has 0 fully saturated rings. The molecule has 0 radical (unpaired) electrons. The fourth-order valence-corrected chi connectivity index (χ4v) is 5.07. The highest BCUT2D eigenvalue weighted by atomic mass is 35.5. The predicted molar refractivity (Wildman–Crippen MR) is 145 cm³/mol. The number of alkyl halides is 3. The maximum Gasteiger partial charge on any atom is 0.422 e. The lowest BCUT2D eigenvalue weighted by molar-refractivity contribution is -0.270. The van der Waals surface area contributed by atoms with Crippen molar-refractivity contribution < 1.29 is 36.9 Å².